The van der Waals surface area contributed by atoms with Crippen LogP contribution in [0.3, 0.4) is 0 Å². The van der Waals surface area contributed by atoms with E-state index in [1.807, 2.05) is 6.07 Å². The van der Waals surface area contributed by atoms with Gasteiger partial charge >= 0.3 is 5.97 Å². The minimum atomic E-state index is -0.824. The number of piperazine rings is 1. The van der Waals surface area contributed by atoms with Crippen LogP contribution < -0.4 is 10.5 Å². The number of carboxylic acid groups (broad SMARTS) is 1. The van der Waals surface area contributed by atoms with Gasteiger partial charge in [0.2, 0.25) is 0 Å². The summed E-state index contributed by atoms with van der Waals surface area (Å²) >= 11 is 6.67. The zero-order chi connectivity index (χ0) is 25.7. The molecule has 0 aliphatic carbocycles. The van der Waals surface area contributed by atoms with E-state index in [0.717, 1.165) is 32.7 Å². The van der Waals surface area contributed by atoms with E-state index in [-0.39, 0.29) is 23.5 Å². The minimum Gasteiger partial charge on any atom is -0.481 e. The molecule has 11 heteroatoms. The molecule has 0 spiro atoms. The molecule has 1 amide bonds. The summed E-state index contributed by atoms with van der Waals surface area (Å²) in [5.41, 5.74) is 0.977. The molecule has 1 aromatic heterocycles. The molecular formula is C24H31N5O4S2. The maximum Gasteiger partial charge on any atom is 0.303 e. The normalized spacial score (nSPS) is 17.9. The molecule has 0 atom stereocenters. The number of pyridine rings is 1. The lowest BCUT2D eigenvalue weighted by Crippen LogP contribution is -2.48. The Morgan fingerprint density at radius 1 is 1.20 bits per heavy atom. The number of hydrogen-bond donors (Lipinski definition) is 1. The van der Waals surface area contributed by atoms with Crippen LogP contribution in [0.5, 0.6) is 0 Å². The second-order valence-electron chi connectivity index (χ2n) is 8.67. The largest absolute Gasteiger partial charge is 0.481 e. The van der Waals surface area contributed by atoms with Gasteiger partial charge in [-0.15, -0.1) is 0 Å². The summed E-state index contributed by atoms with van der Waals surface area (Å²) in [7, 11) is 1.67. The first-order chi connectivity index (χ1) is 16.7. The Hall–Kier alpha value is -2.68. The number of thioether (sulfide) groups is 1. The Morgan fingerprint density at radius 3 is 2.49 bits per heavy atom. The number of nitriles is 1. The van der Waals surface area contributed by atoms with E-state index in [4.69, 9.17) is 17.3 Å². The van der Waals surface area contributed by atoms with Crippen LogP contribution in [0, 0.1) is 18.3 Å². The van der Waals surface area contributed by atoms with Crippen molar-refractivity contribution in [3.63, 3.8) is 0 Å². The van der Waals surface area contributed by atoms with Crippen LogP contribution >= 0.6 is 24.0 Å². The van der Waals surface area contributed by atoms with Crippen LogP contribution in [0.1, 0.15) is 49.3 Å². The van der Waals surface area contributed by atoms with E-state index < -0.39 is 5.97 Å². The molecule has 188 valence electrons. The van der Waals surface area contributed by atoms with Crippen molar-refractivity contribution in [1.82, 2.24) is 14.4 Å². The van der Waals surface area contributed by atoms with Gasteiger partial charge in [-0.25, -0.2) is 0 Å². The smallest absolute Gasteiger partial charge is 0.303 e. The summed E-state index contributed by atoms with van der Waals surface area (Å²) in [6.07, 6.45) is 3.80. The third kappa shape index (κ3) is 5.94. The number of anilines is 1. The van der Waals surface area contributed by atoms with Gasteiger partial charge in [-0.2, -0.15) is 5.26 Å². The van der Waals surface area contributed by atoms with E-state index in [1.165, 1.54) is 16.3 Å². The number of hydrogen-bond acceptors (Lipinski definition) is 8. The molecule has 0 aromatic carbocycles. The molecule has 0 bridgehead atoms. The van der Waals surface area contributed by atoms with E-state index in [9.17, 15) is 19.6 Å². The van der Waals surface area contributed by atoms with Crippen molar-refractivity contribution in [2.24, 2.45) is 7.05 Å². The van der Waals surface area contributed by atoms with Gasteiger partial charge < -0.3 is 14.9 Å². The SMILES string of the molecule is CCN1CCN(c2c(/C=C3/SC(=S)N(CCCCCC(=O)O)C3=O)c(C)c(C#N)c(=O)n2C)CC1. The molecule has 2 fully saturated rings. The highest BCUT2D eigenvalue weighted by Gasteiger charge is 2.33. The number of aromatic nitrogens is 1. The molecule has 1 aromatic rings. The number of carbonyl (C=O) groups excluding carboxylic acids is 1. The van der Waals surface area contributed by atoms with Gasteiger partial charge in [-0.1, -0.05) is 37.3 Å². The number of aliphatic carboxylic acids is 1. The highest BCUT2D eigenvalue weighted by molar-refractivity contribution is 8.26. The van der Waals surface area contributed by atoms with Gasteiger partial charge in [0, 0.05) is 51.8 Å². The van der Waals surface area contributed by atoms with Crippen LogP contribution in [0.15, 0.2) is 9.70 Å². The van der Waals surface area contributed by atoms with Crippen molar-refractivity contribution in [1.29, 1.82) is 5.26 Å². The van der Waals surface area contributed by atoms with Gasteiger partial charge in [-0.3, -0.25) is 23.9 Å². The van der Waals surface area contributed by atoms with Gasteiger partial charge in [-0.05, 0) is 37.9 Å². The predicted molar refractivity (Wildman–Crippen MR) is 141 cm³/mol. The zero-order valence-corrected chi connectivity index (χ0v) is 22.0. The summed E-state index contributed by atoms with van der Waals surface area (Å²) in [6, 6.07) is 2.03. The first-order valence-electron chi connectivity index (χ1n) is 11.8. The van der Waals surface area contributed by atoms with Crippen LogP contribution in [0.4, 0.5) is 5.82 Å². The quantitative estimate of drug-likeness (QED) is 0.300. The highest BCUT2D eigenvalue weighted by atomic mass is 32.2. The highest BCUT2D eigenvalue weighted by Crippen LogP contribution is 2.36. The Balaban J connectivity index is 1.91. The third-order valence-corrected chi connectivity index (χ3v) is 7.89. The molecule has 9 nitrogen and oxygen atoms in total. The number of unbranched alkanes of at least 4 members (excludes halogenated alkanes) is 2. The maximum atomic E-state index is 13.2. The van der Waals surface area contributed by atoms with Crippen LogP contribution in [0.2, 0.25) is 0 Å². The lowest BCUT2D eigenvalue weighted by Gasteiger charge is -2.37. The van der Waals surface area contributed by atoms with Gasteiger partial charge in [0.15, 0.2) is 0 Å². The number of rotatable bonds is 9. The van der Waals surface area contributed by atoms with E-state index in [2.05, 4.69) is 16.7 Å². The van der Waals surface area contributed by atoms with E-state index >= 15 is 0 Å². The summed E-state index contributed by atoms with van der Waals surface area (Å²) in [5, 5.41) is 18.4. The monoisotopic (exact) mass is 517 g/mol. The number of nitrogens with zero attached hydrogens (tertiary/aromatic N) is 5. The van der Waals surface area contributed by atoms with Crippen LogP contribution in [0.25, 0.3) is 6.08 Å². The molecule has 2 aliphatic heterocycles. The summed E-state index contributed by atoms with van der Waals surface area (Å²) in [6.45, 7) is 8.49. The zero-order valence-electron chi connectivity index (χ0n) is 20.4. The number of thiocarbonyl (C=S) groups is 1. The van der Waals surface area contributed by atoms with Crippen molar-refractivity contribution in [2.75, 3.05) is 44.2 Å². The molecule has 2 aliphatic rings. The maximum absolute atomic E-state index is 13.2. The molecule has 35 heavy (non-hydrogen) atoms. The summed E-state index contributed by atoms with van der Waals surface area (Å²) in [4.78, 5) is 43.3. The first-order valence-corrected chi connectivity index (χ1v) is 13.0. The fourth-order valence-corrected chi connectivity index (χ4v) is 5.71. The number of carbonyl (C=O) groups is 2. The minimum absolute atomic E-state index is 0.0728. The van der Waals surface area contributed by atoms with Gasteiger partial charge in [0.05, 0.1) is 4.91 Å². The summed E-state index contributed by atoms with van der Waals surface area (Å²) < 4.78 is 1.97. The average molecular weight is 518 g/mol. The van der Waals surface area contributed by atoms with E-state index in [0.29, 0.717) is 52.0 Å². The molecule has 1 N–H and O–H groups in total. The van der Waals surface area contributed by atoms with Crippen molar-refractivity contribution in [2.45, 2.75) is 39.5 Å². The number of likely N-dealkylation sites (N-methyl/N-ethyl adjacent to an activating group) is 1. The third-order valence-electron chi connectivity index (χ3n) is 6.51. The Morgan fingerprint density at radius 2 is 1.89 bits per heavy atom. The van der Waals surface area contributed by atoms with Gasteiger partial charge in [0.25, 0.3) is 11.5 Å². The van der Waals surface area contributed by atoms with Gasteiger partial charge in [0.1, 0.15) is 21.8 Å². The van der Waals surface area contributed by atoms with E-state index in [1.54, 1.807) is 24.9 Å². The Kier molecular flexibility index (Phi) is 9.10. The second-order valence-corrected chi connectivity index (χ2v) is 10.3. The lowest BCUT2D eigenvalue weighted by molar-refractivity contribution is -0.137. The fraction of sp³-hybridized carbons (Fsp3) is 0.542. The molecule has 0 unspecified atom stereocenters. The standard InChI is InChI=1S/C24H31N5O4S2/c1-4-27-10-12-28(13-11-27)21-17(16(2)18(15-25)22(32)26(21)3)14-19-23(33)29(24(34)35-19)9-7-5-6-8-20(30)31/h14H,4-13H2,1-3H3,(H,30,31)/b19-14+. The molecule has 3 heterocycles. The number of carboxylic acids is 1. The second kappa shape index (κ2) is 11.8. The van der Waals surface area contributed by atoms with Crippen molar-refractivity contribution in [3.05, 3.63) is 31.9 Å². The predicted octanol–water partition coefficient (Wildman–Crippen LogP) is 2.55. The molecule has 0 saturated carbocycles. The molecular weight excluding hydrogens is 486 g/mol. The van der Waals surface area contributed by atoms with Crippen LogP contribution in [-0.2, 0) is 16.6 Å². The molecule has 3 rings (SSSR count). The first kappa shape index (κ1) is 26.9. The lowest BCUT2D eigenvalue weighted by atomic mass is 10.0. The van der Waals surface area contributed by atoms with Crippen molar-refractivity contribution in [3.8, 4) is 6.07 Å². The Labute approximate surface area is 215 Å². The molecule has 2 saturated heterocycles. The summed E-state index contributed by atoms with van der Waals surface area (Å²) in [5.74, 6) is -0.317. The average Bonchev–Trinajstić information content (AvgIpc) is 3.10. The van der Waals surface area contributed by atoms with Crippen LogP contribution in [-0.4, -0.2) is 74.9 Å². The van der Waals surface area contributed by atoms with Crippen molar-refractivity contribution >= 4 is 52.1 Å². The molecule has 0 radical (unpaired) electrons. The Bertz CT molecular complexity index is 1150. The van der Waals surface area contributed by atoms with Crippen molar-refractivity contribution < 1.29 is 14.7 Å². The number of amides is 1. The fourth-order valence-electron chi connectivity index (χ4n) is 4.42. The topological polar surface area (TPSA) is 110 Å².